The summed E-state index contributed by atoms with van der Waals surface area (Å²) in [6, 6.07) is 0. The van der Waals surface area contributed by atoms with E-state index in [-0.39, 0.29) is 22.0 Å². The molecule has 0 saturated heterocycles. The summed E-state index contributed by atoms with van der Waals surface area (Å²) < 4.78 is 31.1. The minimum atomic E-state index is -3.71. The van der Waals surface area contributed by atoms with Gasteiger partial charge in [0.15, 0.2) is 0 Å². The summed E-state index contributed by atoms with van der Waals surface area (Å²) in [7, 11) is -6.12. The monoisotopic (exact) mass is 346 g/mol. The molecule has 2 fully saturated rings. The number of hydrogen-bond acceptors (Lipinski definition) is 4. The molecule has 6 heteroatoms. The first-order chi connectivity index (χ1) is 9.65. The van der Waals surface area contributed by atoms with Gasteiger partial charge < -0.3 is 3.87 Å². The summed E-state index contributed by atoms with van der Waals surface area (Å²) in [6.45, 7) is 14.0. The predicted molar refractivity (Wildman–Crippen MR) is 90.6 cm³/mol. The maximum absolute atomic E-state index is 12.7. The lowest BCUT2D eigenvalue weighted by atomic mass is 9.70. The van der Waals surface area contributed by atoms with E-state index in [1.807, 2.05) is 33.9 Å². The Balaban J connectivity index is 2.28. The first kappa shape index (κ1) is 18.1. The maximum Gasteiger partial charge on any atom is 0.258 e. The third-order valence-corrected chi connectivity index (χ3v) is 13.8. The summed E-state index contributed by atoms with van der Waals surface area (Å²) in [5, 5.41) is -0.175. The minimum absolute atomic E-state index is 0.121. The van der Waals surface area contributed by atoms with Gasteiger partial charge in [-0.15, -0.1) is 0 Å². The lowest BCUT2D eigenvalue weighted by Gasteiger charge is -2.39. The molecule has 4 nitrogen and oxygen atoms in total. The van der Waals surface area contributed by atoms with Crippen LogP contribution in [0.15, 0.2) is 0 Å². The molecule has 0 aromatic carbocycles. The minimum Gasteiger partial charge on any atom is -0.315 e. The van der Waals surface area contributed by atoms with Crippen molar-refractivity contribution in [2.45, 2.75) is 72.0 Å². The molecule has 2 rings (SSSR count). The van der Waals surface area contributed by atoms with E-state index in [1.54, 1.807) is 0 Å². The Morgan fingerprint density at radius 3 is 2.18 bits per heavy atom. The molecule has 0 N–H and O–H groups in total. The number of hydrogen-bond donors (Lipinski definition) is 0. The molecule has 2 aliphatic rings. The van der Waals surface area contributed by atoms with Gasteiger partial charge in [-0.2, -0.15) is 0 Å². The number of carbonyl (C=O) groups is 1. The van der Waals surface area contributed by atoms with Crippen LogP contribution in [-0.4, -0.2) is 28.3 Å². The lowest BCUT2D eigenvalue weighted by molar-refractivity contribution is -0.128. The molecule has 0 spiro atoms. The first-order valence-corrected chi connectivity index (χ1v) is 12.6. The SMILES string of the molecule is CC1(C)C2CCC1(CS(=O)(=O)O[Si](C)(C)C(C)(C)C)C(=O)C2. The molecule has 22 heavy (non-hydrogen) atoms. The average Bonchev–Trinajstić information content (AvgIpc) is 2.58. The Kier molecular flexibility index (Phi) is 4.04. The number of ketones is 1. The van der Waals surface area contributed by atoms with Gasteiger partial charge in [0.05, 0.1) is 11.2 Å². The van der Waals surface area contributed by atoms with E-state index in [1.165, 1.54) is 0 Å². The zero-order chi connectivity index (χ0) is 17.2. The Labute approximate surface area is 136 Å². The van der Waals surface area contributed by atoms with Crippen molar-refractivity contribution in [2.75, 3.05) is 5.75 Å². The van der Waals surface area contributed by atoms with Crippen LogP contribution in [0.3, 0.4) is 0 Å². The van der Waals surface area contributed by atoms with E-state index in [9.17, 15) is 13.2 Å². The van der Waals surface area contributed by atoms with Crippen LogP contribution in [0.4, 0.5) is 0 Å². The lowest BCUT2D eigenvalue weighted by Crippen LogP contribution is -2.47. The molecule has 128 valence electrons. The molecule has 0 aromatic rings. The third kappa shape index (κ3) is 2.61. The van der Waals surface area contributed by atoms with E-state index in [2.05, 4.69) is 13.8 Å². The molecule has 2 unspecified atom stereocenters. The van der Waals surface area contributed by atoms with E-state index in [4.69, 9.17) is 3.87 Å². The molecule has 0 radical (unpaired) electrons. The van der Waals surface area contributed by atoms with Crippen LogP contribution in [0.25, 0.3) is 0 Å². The molecule has 2 saturated carbocycles. The Hall–Kier alpha value is -0.203. The van der Waals surface area contributed by atoms with Crippen molar-refractivity contribution in [2.24, 2.45) is 16.7 Å². The zero-order valence-electron chi connectivity index (χ0n) is 14.9. The Morgan fingerprint density at radius 2 is 1.82 bits per heavy atom. The van der Waals surface area contributed by atoms with Crippen molar-refractivity contribution in [1.82, 2.24) is 0 Å². The van der Waals surface area contributed by atoms with Crippen LogP contribution < -0.4 is 0 Å². The van der Waals surface area contributed by atoms with Gasteiger partial charge in [-0.3, -0.25) is 4.79 Å². The van der Waals surface area contributed by atoms with Crippen LogP contribution in [0.2, 0.25) is 18.1 Å². The highest BCUT2D eigenvalue weighted by Crippen LogP contribution is 2.64. The molecule has 0 aromatic heterocycles. The summed E-state index contributed by atoms with van der Waals surface area (Å²) in [5.74, 6) is 0.300. The summed E-state index contributed by atoms with van der Waals surface area (Å²) >= 11 is 0. The van der Waals surface area contributed by atoms with Crippen molar-refractivity contribution in [3.05, 3.63) is 0 Å². The van der Waals surface area contributed by atoms with Crippen molar-refractivity contribution < 1.29 is 17.1 Å². The van der Waals surface area contributed by atoms with Gasteiger partial charge in [-0.05, 0) is 42.3 Å². The summed E-state index contributed by atoms with van der Waals surface area (Å²) in [4.78, 5) is 12.5. The second-order valence-electron chi connectivity index (χ2n) is 9.21. The highest BCUT2D eigenvalue weighted by molar-refractivity contribution is 7.87. The van der Waals surface area contributed by atoms with Crippen molar-refractivity contribution in [3.8, 4) is 0 Å². The third-order valence-electron chi connectivity index (χ3n) is 6.70. The molecule has 2 aliphatic carbocycles. The quantitative estimate of drug-likeness (QED) is 0.728. The molecule has 0 heterocycles. The van der Waals surface area contributed by atoms with Gasteiger partial charge in [0.2, 0.25) is 8.32 Å². The number of Topliss-reactive ketones (excluding diaryl/α,β-unsaturated/α-hetero) is 1. The van der Waals surface area contributed by atoms with Gasteiger partial charge in [0.25, 0.3) is 10.1 Å². The van der Waals surface area contributed by atoms with E-state index >= 15 is 0 Å². The van der Waals surface area contributed by atoms with Crippen molar-refractivity contribution >= 4 is 24.2 Å². The summed E-state index contributed by atoms with van der Waals surface area (Å²) in [5.41, 5.74) is -0.979. The standard InChI is InChI=1S/C16H30O4SSi/c1-14(2,3)22(6,7)20-21(18,19)11-16-9-8-12(10-13(16)17)15(16,4)5/h12H,8-11H2,1-7H3. The Morgan fingerprint density at radius 1 is 1.27 bits per heavy atom. The van der Waals surface area contributed by atoms with Gasteiger partial charge in [-0.25, -0.2) is 8.42 Å². The first-order valence-electron chi connectivity index (χ1n) is 8.11. The van der Waals surface area contributed by atoms with Crippen LogP contribution in [0, 0.1) is 16.7 Å². The molecular formula is C16H30O4SSi. The average molecular weight is 347 g/mol. The predicted octanol–water partition coefficient (Wildman–Crippen LogP) is 3.73. The highest BCUT2D eigenvalue weighted by Gasteiger charge is 2.65. The maximum atomic E-state index is 12.7. The van der Waals surface area contributed by atoms with Crippen LogP contribution >= 0.6 is 0 Å². The fourth-order valence-electron chi connectivity index (χ4n) is 3.88. The van der Waals surface area contributed by atoms with Gasteiger partial charge in [0.1, 0.15) is 5.78 Å². The number of fused-ring (bicyclic) bond motifs is 2. The van der Waals surface area contributed by atoms with E-state index < -0.39 is 23.9 Å². The fraction of sp³-hybridized carbons (Fsp3) is 0.938. The van der Waals surface area contributed by atoms with Gasteiger partial charge in [-0.1, -0.05) is 34.6 Å². The number of carbonyl (C=O) groups excluding carboxylic acids is 1. The Bertz CT molecular complexity index is 586. The zero-order valence-corrected chi connectivity index (χ0v) is 16.8. The van der Waals surface area contributed by atoms with Crippen LogP contribution in [0.5, 0.6) is 0 Å². The fourth-order valence-corrected chi connectivity index (χ4v) is 8.94. The largest absolute Gasteiger partial charge is 0.315 e. The van der Waals surface area contributed by atoms with Crippen LogP contribution in [-0.2, 0) is 18.8 Å². The number of rotatable bonds is 4. The topological polar surface area (TPSA) is 60.4 Å². The molecular weight excluding hydrogens is 316 g/mol. The van der Waals surface area contributed by atoms with Crippen LogP contribution in [0.1, 0.15) is 53.9 Å². The molecule has 0 aliphatic heterocycles. The summed E-state index contributed by atoms with van der Waals surface area (Å²) in [6.07, 6.45) is 2.17. The van der Waals surface area contributed by atoms with E-state index in [0.717, 1.165) is 6.42 Å². The second-order valence-corrected chi connectivity index (χ2v) is 15.8. The molecule has 0 amide bonds. The van der Waals surface area contributed by atoms with Crippen molar-refractivity contribution in [3.63, 3.8) is 0 Å². The second kappa shape index (κ2) is 4.90. The van der Waals surface area contributed by atoms with Crippen molar-refractivity contribution in [1.29, 1.82) is 0 Å². The van der Waals surface area contributed by atoms with E-state index in [0.29, 0.717) is 18.8 Å². The highest BCUT2D eigenvalue weighted by atomic mass is 32.2. The normalized spacial score (nSPS) is 31.8. The molecule has 2 bridgehead atoms. The van der Waals surface area contributed by atoms with Gasteiger partial charge >= 0.3 is 0 Å². The smallest absolute Gasteiger partial charge is 0.258 e. The molecule has 2 atom stereocenters. The van der Waals surface area contributed by atoms with Gasteiger partial charge in [0, 0.05) is 6.42 Å².